The summed E-state index contributed by atoms with van der Waals surface area (Å²) in [6.07, 6.45) is 0.699. The molecule has 26 heavy (non-hydrogen) atoms. The zero-order valence-electron chi connectivity index (χ0n) is 14.0. The largest absolute Gasteiger partial charge is 0.431 e. The molecule has 0 fully saturated rings. The van der Waals surface area contributed by atoms with Gasteiger partial charge in [0.15, 0.2) is 10.7 Å². The van der Waals surface area contributed by atoms with Crippen LogP contribution in [-0.2, 0) is 22.6 Å². The molecule has 2 amide bonds. The van der Waals surface area contributed by atoms with Gasteiger partial charge in [-0.25, -0.2) is 9.97 Å². The highest BCUT2D eigenvalue weighted by molar-refractivity contribution is 7.99. The van der Waals surface area contributed by atoms with Gasteiger partial charge in [0.2, 0.25) is 11.8 Å². The Hall–Kier alpha value is -2.39. The summed E-state index contributed by atoms with van der Waals surface area (Å²) in [7, 11) is 0. The Labute approximate surface area is 157 Å². The van der Waals surface area contributed by atoms with Gasteiger partial charge in [-0.15, -0.1) is 0 Å². The van der Waals surface area contributed by atoms with E-state index in [4.69, 9.17) is 4.42 Å². The summed E-state index contributed by atoms with van der Waals surface area (Å²) in [6, 6.07) is 7.53. The molecule has 9 heteroatoms. The monoisotopic (exact) mass is 388 g/mol. The molecule has 134 valence electrons. The van der Waals surface area contributed by atoms with E-state index in [1.807, 2.05) is 29.2 Å². The molecule has 7 nitrogen and oxygen atoms in total. The highest BCUT2D eigenvalue weighted by Crippen LogP contribution is 2.29. The Balaban J connectivity index is 1.38. The molecule has 0 bridgehead atoms. The first kappa shape index (κ1) is 17.0. The number of fused-ring (bicyclic) bond motifs is 2. The molecule has 3 heterocycles. The van der Waals surface area contributed by atoms with E-state index < -0.39 is 0 Å². The predicted octanol–water partition coefficient (Wildman–Crippen LogP) is 2.92. The minimum Gasteiger partial charge on any atom is -0.431 e. The normalized spacial score (nSPS) is 13.7. The zero-order chi connectivity index (χ0) is 18.1. The van der Waals surface area contributed by atoms with Gasteiger partial charge in [-0.3, -0.25) is 9.59 Å². The van der Waals surface area contributed by atoms with Gasteiger partial charge in [-0.05, 0) is 12.1 Å². The molecule has 0 saturated heterocycles. The minimum atomic E-state index is -0.140. The molecule has 4 rings (SSSR count). The number of benzene rings is 1. The first-order valence-corrected chi connectivity index (χ1v) is 9.91. The lowest BCUT2D eigenvalue weighted by Crippen LogP contribution is -2.36. The van der Waals surface area contributed by atoms with Crippen LogP contribution in [0.1, 0.15) is 17.5 Å². The maximum absolute atomic E-state index is 12.5. The molecule has 3 aromatic rings. The summed E-state index contributed by atoms with van der Waals surface area (Å²) in [5, 5.41) is 3.80. The van der Waals surface area contributed by atoms with Gasteiger partial charge in [0.25, 0.3) is 5.22 Å². The fourth-order valence-corrected chi connectivity index (χ4v) is 4.55. The summed E-state index contributed by atoms with van der Waals surface area (Å²) in [6.45, 7) is 2.61. The van der Waals surface area contributed by atoms with Crippen molar-refractivity contribution in [2.24, 2.45) is 0 Å². The Kier molecular flexibility index (Phi) is 4.64. The number of carbonyl (C=O) groups excluding carboxylic acids is 2. The average Bonchev–Trinajstić information content (AvgIpc) is 3.20. The van der Waals surface area contributed by atoms with Gasteiger partial charge >= 0.3 is 0 Å². The number of para-hydroxylation sites is 2. The summed E-state index contributed by atoms with van der Waals surface area (Å²) in [5.74, 6) is 0.177. The third kappa shape index (κ3) is 3.58. The van der Waals surface area contributed by atoms with Crippen LogP contribution in [-0.4, -0.2) is 39.0 Å². The van der Waals surface area contributed by atoms with E-state index in [0.717, 1.165) is 21.7 Å². The second-order valence-corrected chi connectivity index (χ2v) is 7.88. The topological polar surface area (TPSA) is 88.3 Å². The third-order valence-corrected chi connectivity index (χ3v) is 5.77. The van der Waals surface area contributed by atoms with Gasteiger partial charge in [0.1, 0.15) is 5.52 Å². The van der Waals surface area contributed by atoms with Crippen molar-refractivity contribution in [2.45, 2.75) is 25.1 Å². The van der Waals surface area contributed by atoms with Crippen LogP contribution in [0.2, 0.25) is 0 Å². The van der Waals surface area contributed by atoms with Crippen LogP contribution in [0.25, 0.3) is 11.1 Å². The number of carbonyl (C=O) groups is 2. The van der Waals surface area contributed by atoms with E-state index in [1.54, 1.807) is 0 Å². The SMILES string of the molecule is CC(=O)Nc1nc2c(s1)CN(C(=O)CSc1nc3ccccc3o1)CC2. The number of amides is 2. The number of nitrogens with zero attached hydrogens (tertiary/aromatic N) is 3. The lowest BCUT2D eigenvalue weighted by molar-refractivity contribution is -0.129. The number of aromatic nitrogens is 2. The van der Waals surface area contributed by atoms with Gasteiger partial charge in [-0.2, -0.15) is 0 Å². The van der Waals surface area contributed by atoms with E-state index in [0.29, 0.717) is 29.9 Å². The first-order chi connectivity index (χ1) is 12.6. The van der Waals surface area contributed by atoms with Crippen molar-refractivity contribution >= 4 is 51.1 Å². The molecule has 1 aromatic carbocycles. The van der Waals surface area contributed by atoms with Crippen LogP contribution in [0.5, 0.6) is 0 Å². The average molecular weight is 388 g/mol. The lowest BCUT2D eigenvalue weighted by atomic mass is 10.2. The first-order valence-electron chi connectivity index (χ1n) is 8.11. The number of anilines is 1. The van der Waals surface area contributed by atoms with Crippen molar-refractivity contribution in [3.63, 3.8) is 0 Å². The summed E-state index contributed by atoms with van der Waals surface area (Å²) in [4.78, 5) is 35.3. The van der Waals surface area contributed by atoms with Crippen molar-refractivity contribution in [3.8, 4) is 0 Å². The maximum atomic E-state index is 12.5. The van der Waals surface area contributed by atoms with Crippen LogP contribution in [0, 0.1) is 0 Å². The maximum Gasteiger partial charge on any atom is 0.257 e. The van der Waals surface area contributed by atoms with Gasteiger partial charge < -0.3 is 14.6 Å². The van der Waals surface area contributed by atoms with E-state index in [2.05, 4.69) is 15.3 Å². The smallest absolute Gasteiger partial charge is 0.257 e. The lowest BCUT2D eigenvalue weighted by Gasteiger charge is -2.25. The molecule has 1 aliphatic rings. The number of hydrogen-bond donors (Lipinski definition) is 1. The Bertz CT molecular complexity index is 948. The molecular formula is C17H16N4O3S2. The van der Waals surface area contributed by atoms with Crippen molar-refractivity contribution in [2.75, 3.05) is 17.6 Å². The quantitative estimate of drug-likeness (QED) is 0.692. The highest BCUT2D eigenvalue weighted by Gasteiger charge is 2.24. The van der Waals surface area contributed by atoms with Crippen LogP contribution in [0.4, 0.5) is 5.13 Å². The minimum absolute atomic E-state index is 0.0392. The van der Waals surface area contributed by atoms with Crippen LogP contribution in [0.3, 0.4) is 0 Å². The van der Waals surface area contributed by atoms with Gasteiger partial charge in [0.05, 0.1) is 18.0 Å². The van der Waals surface area contributed by atoms with Gasteiger partial charge in [-0.1, -0.05) is 35.2 Å². The molecular weight excluding hydrogens is 372 g/mol. The number of nitrogens with one attached hydrogen (secondary N) is 1. The number of hydrogen-bond acceptors (Lipinski definition) is 7. The molecule has 0 atom stereocenters. The van der Waals surface area contributed by atoms with E-state index in [9.17, 15) is 9.59 Å². The molecule has 0 spiro atoms. The molecule has 0 radical (unpaired) electrons. The van der Waals surface area contributed by atoms with Crippen molar-refractivity contribution in [3.05, 3.63) is 34.8 Å². The fourth-order valence-electron chi connectivity index (χ4n) is 2.74. The standard InChI is InChI=1S/C17H16N4O3S2/c1-10(22)18-16-19-12-6-7-21(8-14(12)26-16)15(23)9-25-17-20-11-4-2-3-5-13(11)24-17/h2-5H,6-9H2,1H3,(H,18,19,22). The summed E-state index contributed by atoms with van der Waals surface area (Å²) in [5.41, 5.74) is 2.48. The Morgan fingerprint density at radius 2 is 2.19 bits per heavy atom. The molecule has 2 aromatic heterocycles. The molecule has 1 N–H and O–H groups in total. The number of rotatable bonds is 4. The van der Waals surface area contributed by atoms with Crippen molar-refractivity contribution in [1.82, 2.24) is 14.9 Å². The predicted molar refractivity (Wildman–Crippen MR) is 100 cm³/mol. The Morgan fingerprint density at radius 3 is 3.00 bits per heavy atom. The van der Waals surface area contributed by atoms with Crippen LogP contribution < -0.4 is 5.32 Å². The van der Waals surface area contributed by atoms with E-state index in [1.165, 1.54) is 30.0 Å². The Morgan fingerprint density at radius 1 is 1.35 bits per heavy atom. The fraction of sp³-hybridized carbons (Fsp3) is 0.294. The third-order valence-electron chi connectivity index (χ3n) is 3.96. The molecule has 0 aliphatic carbocycles. The zero-order valence-corrected chi connectivity index (χ0v) is 15.7. The van der Waals surface area contributed by atoms with Crippen molar-refractivity contribution in [1.29, 1.82) is 0 Å². The van der Waals surface area contributed by atoms with Gasteiger partial charge in [0, 0.05) is 24.8 Å². The summed E-state index contributed by atoms with van der Waals surface area (Å²) < 4.78 is 5.64. The second kappa shape index (κ2) is 7.08. The molecule has 0 unspecified atom stereocenters. The van der Waals surface area contributed by atoms with E-state index >= 15 is 0 Å². The number of oxazole rings is 1. The van der Waals surface area contributed by atoms with E-state index in [-0.39, 0.29) is 17.6 Å². The second-order valence-electron chi connectivity index (χ2n) is 5.87. The molecule has 0 saturated carbocycles. The van der Waals surface area contributed by atoms with Crippen LogP contribution >= 0.6 is 23.1 Å². The van der Waals surface area contributed by atoms with Crippen LogP contribution in [0.15, 0.2) is 33.9 Å². The molecule has 1 aliphatic heterocycles. The summed E-state index contributed by atoms with van der Waals surface area (Å²) >= 11 is 2.73. The number of thiazole rings is 1. The van der Waals surface area contributed by atoms with Crippen molar-refractivity contribution < 1.29 is 14.0 Å². The highest BCUT2D eigenvalue weighted by atomic mass is 32.2. The number of thioether (sulfide) groups is 1.